The van der Waals surface area contributed by atoms with Crippen LogP contribution < -0.4 is 10.6 Å². The maximum Gasteiger partial charge on any atom is 0.320 e. The highest BCUT2D eigenvalue weighted by Crippen LogP contribution is 2.27. The van der Waals surface area contributed by atoms with Crippen LogP contribution >= 0.6 is 0 Å². The number of aryl methyl sites for hydroxylation is 2. The minimum Gasteiger partial charge on any atom is -0.481 e. The third kappa shape index (κ3) is 3.15. The van der Waals surface area contributed by atoms with E-state index in [9.17, 15) is 9.59 Å². The molecule has 2 amide bonds. The van der Waals surface area contributed by atoms with Crippen molar-refractivity contribution in [1.82, 2.24) is 10.3 Å². The number of amides is 2. The van der Waals surface area contributed by atoms with E-state index in [1.165, 1.54) is 12.0 Å². The summed E-state index contributed by atoms with van der Waals surface area (Å²) in [6.07, 6.45) is 5.38. The quantitative estimate of drug-likeness (QED) is 0.793. The Bertz CT molecular complexity index is 567. The number of hydrogen-bond acceptors (Lipinski definition) is 3. The molecule has 6 nitrogen and oxygen atoms in total. The molecule has 0 atom stereocenters. The lowest BCUT2D eigenvalue weighted by molar-refractivity contribution is -0.145. The first kappa shape index (κ1) is 13.9. The SMILES string of the molecule is O=C(Nc1ccc2c(n1)CCCC2)NC1CC(C(=O)O)C1. The molecule has 0 unspecified atom stereocenters. The number of nitrogens with one attached hydrogen (secondary N) is 2. The van der Waals surface area contributed by atoms with E-state index in [0.717, 1.165) is 25.0 Å². The first-order valence-electron chi connectivity index (χ1n) is 7.41. The number of carbonyl (C=O) groups is 2. The van der Waals surface area contributed by atoms with Crippen molar-refractivity contribution in [3.05, 3.63) is 23.4 Å². The fourth-order valence-corrected chi connectivity index (χ4v) is 2.93. The Labute approximate surface area is 123 Å². The number of hydrogen-bond donors (Lipinski definition) is 3. The third-order valence-electron chi connectivity index (χ3n) is 4.24. The number of rotatable bonds is 3. The fourth-order valence-electron chi connectivity index (χ4n) is 2.93. The molecule has 1 aromatic heterocycles. The minimum atomic E-state index is -0.787. The lowest BCUT2D eigenvalue weighted by Crippen LogP contribution is -2.48. The van der Waals surface area contributed by atoms with Gasteiger partial charge in [-0.25, -0.2) is 9.78 Å². The molecule has 21 heavy (non-hydrogen) atoms. The zero-order valence-corrected chi connectivity index (χ0v) is 11.8. The van der Waals surface area contributed by atoms with Gasteiger partial charge in [0.2, 0.25) is 0 Å². The summed E-state index contributed by atoms with van der Waals surface area (Å²) in [4.78, 5) is 27.0. The molecule has 2 aliphatic rings. The highest BCUT2D eigenvalue weighted by molar-refractivity contribution is 5.88. The van der Waals surface area contributed by atoms with E-state index in [1.54, 1.807) is 0 Å². The van der Waals surface area contributed by atoms with Gasteiger partial charge >= 0.3 is 12.0 Å². The van der Waals surface area contributed by atoms with Crippen LogP contribution in [0.25, 0.3) is 0 Å². The van der Waals surface area contributed by atoms with Gasteiger partial charge in [-0.2, -0.15) is 0 Å². The number of pyridine rings is 1. The largest absolute Gasteiger partial charge is 0.481 e. The number of carboxylic acids is 1. The molecule has 1 aromatic rings. The van der Waals surface area contributed by atoms with Gasteiger partial charge in [-0.15, -0.1) is 0 Å². The van der Waals surface area contributed by atoms with Crippen LogP contribution in [0.3, 0.4) is 0 Å². The summed E-state index contributed by atoms with van der Waals surface area (Å²) in [5.74, 6) is -0.552. The molecule has 0 radical (unpaired) electrons. The lowest BCUT2D eigenvalue weighted by Gasteiger charge is -2.32. The first-order valence-corrected chi connectivity index (χ1v) is 7.41. The molecular weight excluding hydrogens is 270 g/mol. The van der Waals surface area contributed by atoms with Crippen molar-refractivity contribution in [1.29, 1.82) is 0 Å². The second kappa shape index (κ2) is 5.71. The zero-order chi connectivity index (χ0) is 14.8. The minimum absolute atomic E-state index is 0.0521. The first-order chi connectivity index (χ1) is 10.1. The monoisotopic (exact) mass is 289 g/mol. The van der Waals surface area contributed by atoms with Crippen LogP contribution in [-0.4, -0.2) is 28.1 Å². The number of urea groups is 1. The molecule has 112 valence electrons. The van der Waals surface area contributed by atoms with Crippen molar-refractivity contribution < 1.29 is 14.7 Å². The summed E-state index contributed by atoms with van der Waals surface area (Å²) >= 11 is 0. The average molecular weight is 289 g/mol. The second-order valence-electron chi connectivity index (χ2n) is 5.81. The van der Waals surface area contributed by atoms with E-state index >= 15 is 0 Å². The summed E-state index contributed by atoms with van der Waals surface area (Å²) < 4.78 is 0. The maximum absolute atomic E-state index is 11.9. The molecule has 2 aliphatic carbocycles. The van der Waals surface area contributed by atoms with Crippen molar-refractivity contribution in [3.8, 4) is 0 Å². The maximum atomic E-state index is 11.9. The van der Waals surface area contributed by atoms with Crippen LogP contribution in [-0.2, 0) is 17.6 Å². The van der Waals surface area contributed by atoms with Crippen LogP contribution in [0.15, 0.2) is 12.1 Å². The predicted molar refractivity (Wildman–Crippen MR) is 77.2 cm³/mol. The Kier molecular flexibility index (Phi) is 3.77. The molecule has 3 N–H and O–H groups in total. The van der Waals surface area contributed by atoms with Gasteiger partial charge in [0, 0.05) is 11.7 Å². The van der Waals surface area contributed by atoms with Gasteiger partial charge in [-0.3, -0.25) is 10.1 Å². The molecule has 3 rings (SSSR count). The van der Waals surface area contributed by atoms with Crippen LogP contribution in [0.2, 0.25) is 0 Å². The van der Waals surface area contributed by atoms with Crippen LogP contribution in [0.5, 0.6) is 0 Å². The van der Waals surface area contributed by atoms with E-state index in [0.29, 0.717) is 18.7 Å². The molecule has 1 fully saturated rings. The number of aliphatic carboxylic acids is 1. The molecule has 0 spiro atoms. The van der Waals surface area contributed by atoms with Crippen molar-refractivity contribution in [2.75, 3.05) is 5.32 Å². The molecule has 1 saturated carbocycles. The molecule has 0 saturated heterocycles. The smallest absolute Gasteiger partial charge is 0.320 e. The van der Waals surface area contributed by atoms with E-state index in [4.69, 9.17) is 5.11 Å². The molecule has 6 heteroatoms. The van der Waals surface area contributed by atoms with Crippen LogP contribution in [0.1, 0.15) is 36.9 Å². The topological polar surface area (TPSA) is 91.3 Å². The normalized spacial score (nSPS) is 23.6. The number of aromatic nitrogens is 1. The van der Waals surface area contributed by atoms with Gasteiger partial charge in [0.1, 0.15) is 5.82 Å². The molecule has 1 heterocycles. The van der Waals surface area contributed by atoms with Gasteiger partial charge in [0.15, 0.2) is 0 Å². The number of fused-ring (bicyclic) bond motifs is 1. The van der Waals surface area contributed by atoms with E-state index < -0.39 is 5.97 Å². The Morgan fingerprint density at radius 2 is 1.95 bits per heavy atom. The van der Waals surface area contributed by atoms with Crippen molar-refractivity contribution >= 4 is 17.8 Å². The number of carbonyl (C=O) groups excluding carboxylic acids is 1. The molecule has 0 aliphatic heterocycles. The van der Waals surface area contributed by atoms with Crippen molar-refractivity contribution in [2.24, 2.45) is 5.92 Å². The van der Waals surface area contributed by atoms with Crippen molar-refractivity contribution in [3.63, 3.8) is 0 Å². The van der Waals surface area contributed by atoms with E-state index in [1.807, 2.05) is 12.1 Å². The highest BCUT2D eigenvalue weighted by Gasteiger charge is 2.35. The Hall–Kier alpha value is -2.11. The van der Waals surface area contributed by atoms with Gasteiger partial charge in [0.05, 0.1) is 5.92 Å². The van der Waals surface area contributed by atoms with Gasteiger partial charge < -0.3 is 10.4 Å². The molecule has 0 bridgehead atoms. The van der Waals surface area contributed by atoms with Gasteiger partial charge in [-0.05, 0) is 50.2 Å². The molecule has 0 aromatic carbocycles. The summed E-state index contributed by atoms with van der Waals surface area (Å²) in [5.41, 5.74) is 2.35. The zero-order valence-electron chi connectivity index (χ0n) is 11.8. The number of anilines is 1. The summed E-state index contributed by atoms with van der Waals surface area (Å²) in [6, 6.07) is 3.49. The van der Waals surface area contributed by atoms with Crippen LogP contribution in [0, 0.1) is 5.92 Å². The summed E-state index contributed by atoms with van der Waals surface area (Å²) in [7, 11) is 0. The third-order valence-corrected chi connectivity index (χ3v) is 4.24. The Morgan fingerprint density at radius 3 is 2.71 bits per heavy atom. The number of nitrogens with zero attached hydrogens (tertiary/aromatic N) is 1. The van der Waals surface area contributed by atoms with Crippen molar-refractivity contribution in [2.45, 2.75) is 44.6 Å². The Balaban J connectivity index is 1.52. The Morgan fingerprint density at radius 1 is 1.19 bits per heavy atom. The van der Waals surface area contributed by atoms with Gasteiger partial charge in [-0.1, -0.05) is 6.07 Å². The number of carboxylic acid groups (broad SMARTS) is 1. The highest BCUT2D eigenvalue weighted by atomic mass is 16.4. The predicted octanol–water partition coefficient (Wildman–Crippen LogP) is 1.95. The van der Waals surface area contributed by atoms with Crippen LogP contribution in [0.4, 0.5) is 10.6 Å². The average Bonchev–Trinajstić information content (AvgIpc) is 2.42. The fraction of sp³-hybridized carbons (Fsp3) is 0.533. The van der Waals surface area contributed by atoms with E-state index in [-0.39, 0.29) is 18.0 Å². The standard InChI is InChI=1S/C15H19N3O3/c19-14(20)10-7-11(8-10)16-15(21)18-13-6-5-9-3-1-2-4-12(9)17-13/h5-6,10-11H,1-4,7-8H2,(H,19,20)(H2,16,17,18,21). The lowest BCUT2D eigenvalue weighted by atomic mass is 9.80. The van der Waals surface area contributed by atoms with Gasteiger partial charge in [0.25, 0.3) is 0 Å². The summed E-state index contributed by atoms with van der Waals surface area (Å²) in [5, 5.41) is 14.3. The molecular formula is C15H19N3O3. The van der Waals surface area contributed by atoms with E-state index in [2.05, 4.69) is 15.6 Å². The summed E-state index contributed by atoms with van der Waals surface area (Å²) in [6.45, 7) is 0. The second-order valence-corrected chi connectivity index (χ2v) is 5.81.